The van der Waals surface area contributed by atoms with Crippen LogP contribution in [-0.2, 0) is 0 Å². The molecule has 2 aromatic rings. The summed E-state index contributed by atoms with van der Waals surface area (Å²) in [5, 5.41) is 3.29. The Morgan fingerprint density at radius 2 is 2.39 bits per heavy atom. The van der Waals surface area contributed by atoms with E-state index in [4.69, 9.17) is 0 Å². The molecule has 0 amide bonds. The average molecular weight is 240 g/mol. The van der Waals surface area contributed by atoms with E-state index < -0.39 is 0 Å². The van der Waals surface area contributed by atoms with Gasteiger partial charge in [0.1, 0.15) is 11.8 Å². The molecule has 0 bridgehead atoms. The van der Waals surface area contributed by atoms with E-state index in [1.165, 1.54) is 0 Å². The molecule has 2 rings (SSSR count). The Balaban J connectivity index is 2.31. The van der Waals surface area contributed by atoms with E-state index in [9.17, 15) is 0 Å². The number of aromatic nitrogens is 3. The molecule has 0 spiro atoms. The molecular formula is C14H16N4. The van der Waals surface area contributed by atoms with Crippen molar-refractivity contribution in [3.63, 3.8) is 0 Å². The number of anilines is 1. The van der Waals surface area contributed by atoms with Crippen LogP contribution in [0.2, 0.25) is 0 Å². The molecule has 18 heavy (non-hydrogen) atoms. The first-order chi connectivity index (χ1) is 8.85. The van der Waals surface area contributed by atoms with Gasteiger partial charge < -0.3 is 10.3 Å². The number of allylic oxidation sites excluding steroid dienone is 4. The fourth-order valence-corrected chi connectivity index (χ4v) is 1.66. The molecule has 0 atom stereocenters. The van der Waals surface area contributed by atoms with Crippen LogP contribution in [-0.4, -0.2) is 15.0 Å². The molecule has 2 heterocycles. The van der Waals surface area contributed by atoms with E-state index in [2.05, 4.69) is 39.8 Å². The minimum absolute atomic E-state index is 0.776. The highest BCUT2D eigenvalue weighted by Gasteiger charge is 2.04. The van der Waals surface area contributed by atoms with Crippen molar-refractivity contribution in [1.82, 2.24) is 15.0 Å². The van der Waals surface area contributed by atoms with E-state index in [0.29, 0.717) is 0 Å². The Morgan fingerprint density at radius 1 is 1.50 bits per heavy atom. The van der Waals surface area contributed by atoms with Crippen molar-refractivity contribution in [2.75, 3.05) is 5.32 Å². The van der Waals surface area contributed by atoms with Gasteiger partial charge in [0.05, 0.1) is 5.52 Å². The lowest BCUT2D eigenvalue weighted by atomic mass is 10.3. The van der Waals surface area contributed by atoms with Gasteiger partial charge in [-0.15, -0.1) is 0 Å². The minimum atomic E-state index is 0.776. The van der Waals surface area contributed by atoms with Crippen molar-refractivity contribution in [3.8, 4) is 0 Å². The van der Waals surface area contributed by atoms with Crippen molar-refractivity contribution in [3.05, 3.63) is 55.2 Å². The van der Waals surface area contributed by atoms with Crippen molar-refractivity contribution in [2.45, 2.75) is 13.3 Å². The second-order valence-electron chi connectivity index (χ2n) is 3.75. The SMILES string of the molecule is C=C/C=C\C(=C/CC)Nc1ncnc2cc[nH]c12. The summed E-state index contributed by atoms with van der Waals surface area (Å²) < 4.78 is 0. The van der Waals surface area contributed by atoms with Crippen molar-refractivity contribution >= 4 is 16.9 Å². The second-order valence-corrected chi connectivity index (χ2v) is 3.75. The summed E-state index contributed by atoms with van der Waals surface area (Å²) >= 11 is 0. The largest absolute Gasteiger partial charge is 0.357 e. The predicted octanol–water partition coefficient (Wildman–Crippen LogP) is 3.41. The van der Waals surface area contributed by atoms with E-state index in [-0.39, 0.29) is 0 Å². The second kappa shape index (κ2) is 5.82. The van der Waals surface area contributed by atoms with Gasteiger partial charge in [-0.05, 0) is 18.6 Å². The molecular weight excluding hydrogens is 224 g/mol. The molecule has 4 heteroatoms. The third kappa shape index (κ3) is 2.66. The van der Waals surface area contributed by atoms with Gasteiger partial charge in [-0.2, -0.15) is 0 Å². The van der Waals surface area contributed by atoms with Gasteiger partial charge in [-0.1, -0.05) is 31.7 Å². The zero-order valence-corrected chi connectivity index (χ0v) is 10.4. The first-order valence-electron chi connectivity index (χ1n) is 5.89. The number of hydrogen-bond donors (Lipinski definition) is 2. The number of nitrogens with one attached hydrogen (secondary N) is 2. The quantitative estimate of drug-likeness (QED) is 0.787. The Morgan fingerprint density at radius 3 is 3.17 bits per heavy atom. The summed E-state index contributed by atoms with van der Waals surface area (Å²) in [5.41, 5.74) is 2.80. The summed E-state index contributed by atoms with van der Waals surface area (Å²) in [4.78, 5) is 11.6. The monoisotopic (exact) mass is 240 g/mol. The fourth-order valence-electron chi connectivity index (χ4n) is 1.66. The highest BCUT2D eigenvalue weighted by Crippen LogP contribution is 2.18. The standard InChI is InChI=1S/C14H16N4/c1-3-5-7-11(6-4-2)18-14-13-12(8-9-15-13)16-10-17-14/h3,5-10,15H,1,4H2,2H3,(H,16,17,18)/b7-5-,11-6+. The first kappa shape index (κ1) is 12.1. The molecule has 0 radical (unpaired) electrons. The highest BCUT2D eigenvalue weighted by molar-refractivity contribution is 5.86. The van der Waals surface area contributed by atoms with Gasteiger partial charge in [0.25, 0.3) is 0 Å². The summed E-state index contributed by atoms with van der Waals surface area (Å²) in [6.45, 7) is 5.76. The number of aromatic amines is 1. The lowest BCUT2D eigenvalue weighted by Crippen LogP contribution is -2.00. The maximum Gasteiger partial charge on any atom is 0.158 e. The van der Waals surface area contributed by atoms with Gasteiger partial charge in [-0.3, -0.25) is 0 Å². The summed E-state index contributed by atoms with van der Waals surface area (Å²) in [5.74, 6) is 0.776. The van der Waals surface area contributed by atoms with Crippen molar-refractivity contribution < 1.29 is 0 Å². The lowest BCUT2D eigenvalue weighted by Gasteiger charge is -2.07. The Bertz CT molecular complexity index is 593. The van der Waals surface area contributed by atoms with E-state index in [1.807, 2.05) is 24.4 Å². The summed E-state index contributed by atoms with van der Waals surface area (Å²) in [6.07, 6.45) is 12.1. The Labute approximate surface area is 106 Å². The topological polar surface area (TPSA) is 53.6 Å². The molecule has 92 valence electrons. The molecule has 0 saturated carbocycles. The Hall–Kier alpha value is -2.36. The third-order valence-electron chi connectivity index (χ3n) is 2.44. The fraction of sp³-hybridized carbons (Fsp3) is 0.143. The van der Waals surface area contributed by atoms with Gasteiger partial charge in [0, 0.05) is 11.9 Å². The third-order valence-corrected chi connectivity index (χ3v) is 2.44. The van der Waals surface area contributed by atoms with E-state index in [0.717, 1.165) is 29.0 Å². The van der Waals surface area contributed by atoms with Crippen LogP contribution >= 0.6 is 0 Å². The molecule has 0 saturated heterocycles. The number of H-pyrrole nitrogens is 1. The normalized spacial score (nSPS) is 12.2. The van der Waals surface area contributed by atoms with Crippen LogP contribution in [0.4, 0.5) is 5.82 Å². The maximum atomic E-state index is 4.26. The smallest absolute Gasteiger partial charge is 0.158 e. The van der Waals surface area contributed by atoms with Gasteiger partial charge in [0.15, 0.2) is 5.82 Å². The van der Waals surface area contributed by atoms with Gasteiger partial charge >= 0.3 is 0 Å². The lowest BCUT2D eigenvalue weighted by molar-refractivity contribution is 1.17. The van der Waals surface area contributed by atoms with Crippen LogP contribution in [0.1, 0.15) is 13.3 Å². The predicted molar refractivity (Wildman–Crippen MR) is 75.2 cm³/mol. The van der Waals surface area contributed by atoms with Gasteiger partial charge in [0.2, 0.25) is 0 Å². The molecule has 0 aliphatic carbocycles. The highest BCUT2D eigenvalue weighted by atomic mass is 15.0. The molecule has 0 aliphatic rings. The van der Waals surface area contributed by atoms with Crippen LogP contribution in [0.15, 0.2) is 55.2 Å². The molecule has 0 aromatic carbocycles. The van der Waals surface area contributed by atoms with Crippen LogP contribution in [0.5, 0.6) is 0 Å². The van der Waals surface area contributed by atoms with Crippen molar-refractivity contribution in [2.24, 2.45) is 0 Å². The van der Waals surface area contributed by atoms with Gasteiger partial charge in [-0.25, -0.2) is 9.97 Å². The van der Waals surface area contributed by atoms with Crippen LogP contribution < -0.4 is 5.32 Å². The molecule has 0 fully saturated rings. The molecule has 0 aliphatic heterocycles. The molecule has 0 unspecified atom stereocenters. The summed E-state index contributed by atoms with van der Waals surface area (Å²) in [6, 6.07) is 1.92. The number of fused-ring (bicyclic) bond motifs is 1. The zero-order chi connectivity index (χ0) is 12.8. The van der Waals surface area contributed by atoms with E-state index >= 15 is 0 Å². The van der Waals surface area contributed by atoms with Crippen LogP contribution in [0, 0.1) is 0 Å². The molecule has 4 nitrogen and oxygen atoms in total. The first-order valence-corrected chi connectivity index (χ1v) is 5.89. The van der Waals surface area contributed by atoms with Crippen molar-refractivity contribution in [1.29, 1.82) is 0 Å². The number of hydrogen-bond acceptors (Lipinski definition) is 3. The molecule has 2 N–H and O–H groups in total. The number of rotatable bonds is 5. The summed E-state index contributed by atoms with van der Waals surface area (Å²) in [7, 11) is 0. The average Bonchev–Trinajstić information content (AvgIpc) is 2.85. The van der Waals surface area contributed by atoms with Crippen LogP contribution in [0.25, 0.3) is 11.0 Å². The maximum absolute atomic E-state index is 4.26. The zero-order valence-electron chi connectivity index (χ0n) is 10.4. The Kier molecular flexibility index (Phi) is 3.91. The van der Waals surface area contributed by atoms with E-state index in [1.54, 1.807) is 12.4 Å². The molecule has 2 aromatic heterocycles. The van der Waals surface area contributed by atoms with Crippen LogP contribution in [0.3, 0.4) is 0 Å². The number of nitrogens with zero attached hydrogens (tertiary/aromatic N) is 2. The minimum Gasteiger partial charge on any atom is -0.357 e.